The van der Waals surface area contributed by atoms with Crippen molar-refractivity contribution in [1.29, 1.82) is 0 Å². The fourth-order valence-electron chi connectivity index (χ4n) is 3.19. The number of rotatable bonds is 1. The molecule has 0 spiro atoms. The van der Waals surface area contributed by atoms with E-state index in [2.05, 4.69) is 11.9 Å². The predicted molar refractivity (Wildman–Crippen MR) is 77.8 cm³/mol. The molecule has 4 heteroatoms. The first-order chi connectivity index (χ1) is 9.63. The van der Waals surface area contributed by atoms with Gasteiger partial charge in [-0.1, -0.05) is 17.7 Å². The van der Waals surface area contributed by atoms with Gasteiger partial charge in [0.15, 0.2) is 0 Å². The molecule has 2 aliphatic heterocycles. The third-order valence-electron chi connectivity index (χ3n) is 4.21. The van der Waals surface area contributed by atoms with E-state index < -0.39 is 0 Å². The summed E-state index contributed by atoms with van der Waals surface area (Å²) >= 11 is 0. The topological polar surface area (TPSA) is 32.8 Å². The van der Waals surface area contributed by atoms with E-state index in [-0.39, 0.29) is 11.9 Å². The molecule has 0 radical (unpaired) electrons. The highest BCUT2D eigenvalue weighted by atomic mass is 16.5. The second-order valence-electron chi connectivity index (χ2n) is 6.10. The van der Waals surface area contributed by atoms with Crippen LogP contribution >= 0.6 is 0 Å². The highest BCUT2D eigenvalue weighted by molar-refractivity contribution is 5.94. The summed E-state index contributed by atoms with van der Waals surface area (Å²) in [6.07, 6.45) is 0. The van der Waals surface area contributed by atoms with Gasteiger partial charge in [0.1, 0.15) is 0 Å². The highest BCUT2D eigenvalue weighted by Gasteiger charge is 2.34. The largest absolute Gasteiger partial charge is 0.379 e. The van der Waals surface area contributed by atoms with E-state index in [4.69, 9.17) is 4.74 Å². The zero-order chi connectivity index (χ0) is 14.1. The zero-order valence-electron chi connectivity index (χ0n) is 12.2. The molecule has 0 aromatic heterocycles. The van der Waals surface area contributed by atoms with Crippen molar-refractivity contribution in [1.82, 2.24) is 9.80 Å². The van der Waals surface area contributed by atoms with Gasteiger partial charge in [0.2, 0.25) is 0 Å². The fourth-order valence-corrected chi connectivity index (χ4v) is 3.19. The number of fused-ring (bicyclic) bond motifs is 3. The standard InChI is InChI=1S/C16H22N2O2/c1-12-3-5-14(6-4-12)16(19)18-8-13-7-17(2)9-15(18)11-20-10-13/h3-6,13,15H,7-11H2,1-2H3/t13-,15-/m0/s1. The fraction of sp³-hybridized carbons (Fsp3) is 0.562. The number of aryl methyl sites for hydroxylation is 1. The number of carbonyl (C=O) groups excluding carboxylic acids is 1. The SMILES string of the molecule is Cc1ccc(C(=O)N2C[C@H]3COC[C@@H]2CN(C)C3)cc1. The number of ether oxygens (including phenoxy) is 1. The summed E-state index contributed by atoms with van der Waals surface area (Å²) in [5.41, 5.74) is 1.96. The molecular weight excluding hydrogens is 252 g/mol. The molecule has 0 saturated carbocycles. The molecule has 20 heavy (non-hydrogen) atoms. The van der Waals surface area contributed by atoms with Crippen LogP contribution < -0.4 is 0 Å². The van der Waals surface area contributed by atoms with Crippen LogP contribution in [0.4, 0.5) is 0 Å². The Bertz CT molecular complexity index is 486. The normalized spacial score (nSPS) is 27.2. The smallest absolute Gasteiger partial charge is 0.254 e. The van der Waals surface area contributed by atoms with Gasteiger partial charge in [0.25, 0.3) is 5.91 Å². The maximum atomic E-state index is 12.8. The molecule has 1 aromatic rings. The van der Waals surface area contributed by atoms with Gasteiger partial charge in [-0.25, -0.2) is 0 Å². The van der Waals surface area contributed by atoms with Gasteiger partial charge in [-0.15, -0.1) is 0 Å². The van der Waals surface area contributed by atoms with Gasteiger partial charge in [0, 0.05) is 31.1 Å². The average Bonchev–Trinajstić information content (AvgIpc) is 2.69. The van der Waals surface area contributed by atoms with E-state index in [0.717, 1.165) is 31.8 Å². The van der Waals surface area contributed by atoms with Crippen LogP contribution in [0.1, 0.15) is 15.9 Å². The molecule has 1 amide bonds. The molecule has 2 heterocycles. The highest BCUT2D eigenvalue weighted by Crippen LogP contribution is 2.21. The molecule has 2 aliphatic rings. The Morgan fingerprint density at radius 3 is 2.65 bits per heavy atom. The third kappa shape index (κ3) is 2.72. The molecule has 2 fully saturated rings. The van der Waals surface area contributed by atoms with E-state index in [9.17, 15) is 4.79 Å². The number of benzene rings is 1. The minimum Gasteiger partial charge on any atom is -0.379 e. The Balaban J connectivity index is 1.84. The third-order valence-corrected chi connectivity index (χ3v) is 4.21. The summed E-state index contributed by atoms with van der Waals surface area (Å²) in [5, 5.41) is 0. The summed E-state index contributed by atoms with van der Waals surface area (Å²) in [4.78, 5) is 17.1. The Kier molecular flexibility index (Phi) is 3.76. The van der Waals surface area contributed by atoms with Gasteiger partial charge in [-0.3, -0.25) is 4.79 Å². The molecule has 0 unspecified atom stereocenters. The van der Waals surface area contributed by atoms with Crippen LogP contribution in [0.2, 0.25) is 0 Å². The van der Waals surface area contributed by atoms with Crippen molar-refractivity contribution in [3.8, 4) is 0 Å². The summed E-state index contributed by atoms with van der Waals surface area (Å²) in [5.74, 6) is 0.558. The lowest BCUT2D eigenvalue weighted by atomic mass is 10.1. The van der Waals surface area contributed by atoms with Crippen molar-refractivity contribution >= 4 is 5.91 Å². The molecule has 3 rings (SSSR count). The Morgan fingerprint density at radius 1 is 1.15 bits per heavy atom. The van der Waals surface area contributed by atoms with Gasteiger partial charge in [0.05, 0.1) is 19.3 Å². The lowest BCUT2D eigenvalue weighted by Crippen LogP contribution is -2.45. The minimum atomic E-state index is 0.140. The van der Waals surface area contributed by atoms with Crippen LogP contribution in [0.15, 0.2) is 24.3 Å². The first-order valence-corrected chi connectivity index (χ1v) is 7.27. The lowest BCUT2D eigenvalue weighted by Gasteiger charge is -2.29. The van der Waals surface area contributed by atoms with Crippen LogP contribution in [-0.2, 0) is 4.74 Å². The lowest BCUT2D eigenvalue weighted by molar-refractivity contribution is 0.0483. The summed E-state index contributed by atoms with van der Waals surface area (Å²) in [7, 11) is 2.13. The average molecular weight is 274 g/mol. The number of hydrogen-bond donors (Lipinski definition) is 0. The first-order valence-electron chi connectivity index (χ1n) is 7.27. The summed E-state index contributed by atoms with van der Waals surface area (Å²) < 4.78 is 5.72. The molecule has 0 N–H and O–H groups in total. The van der Waals surface area contributed by atoms with Crippen molar-refractivity contribution in [2.24, 2.45) is 5.92 Å². The van der Waals surface area contributed by atoms with E-state index in [1.165, 1.54) is 5.56 Å². The number of nitrogens with zero attached hydrogens (tertiary/aromatic N) is 2. The number of carbonyl (C=O) groups is 1. The first kappa shape index (κ1) is 13.6. The van der Waals surface area contributed by atoms with Crippen LogP contribution in [0.25, 0.3) is 0 Å². The summed E-state index contributed by atoms with van der Waals surface area (Å²) in [6.45, 7) is 6.16. The van der Waals surface area contributed by atoms with Crippen molar-refractivity contribution in [2.75, 3.05) is 39.9 Å². The molecule has 108 valence electrons. The van der Waals surface area contributed by atoms with E-state index in [1.807, 2.05) is 36.1 Å². The van der Waals surface area contributed by atoms with Gasteiger partial charge < -0.3 is 14.5 Å². The van der Waals surface area contributed by atoms with Crippen molar-refractivity contribution in [3.05, 3.63) is 35.4 Å². The van der Waals surface area contributed by atoms with Crippen molar-refractivity contribution in [2.45, 2.75) is 13.0 Å². The van der Waals surface area contributed by atoms with Gasteiger partial charge in [-0.05, 0) is 26.1 Å². The van der Waals surface area contributed by atoms with E-state index in [0.29, 0.717) is 12.5 Å². The predicted octanol–water partition coefficient (Wildman–Crippen LogP) is 1.40. The van der Waals surface area contributed by atoms with Gasteiger partial charge >= 0.3 is 0 Å². The van der Waals surface area contributed by atoms with Crippen molar-refractivity contribution < 1.29 is 9.53 Å². The number of amides is 1. The Labute approximate surface area is 120 Å². The van der Waals surface area contributed by atoms with E-state index in [1.54, 1.807) is 0 Å². The van der Waals surface area contributed by atoms with Crippen LogP contribution in [0, 0.1) is 12.8 Å². The maximum Gasteiger partial charge on any atom is 0.254 e. The molecular formula is C16H22N2O2. The van der Waals surface area contributed by atoms with Crippen molar-refractivity contribution in [3.63, 3.8) is 0 Å². The van der Waals surface area contributed by atoms with Crippen LogP contribution in [-0.4, -0.2) is 61.6 Å². The number of likely N-dealkylation sites (N-methyl/N-ethyl adjacent to an activating group) is 1. The molecule has 2 bridgehead atoms. The Hall–Kier alpha value is -1.39. The van der Waals surface area contributed by atoms with E-state index >= 15 is 0 Å². The monoisotopic (exact) mass is 274 g/mol. The Morgan fingerprint density at radius 2 is 1.90 bits per heavy atom. The van der Waals surface area contributed by atoms with Crippen LogP contribution in [0.3, 0.4) is 0 Å². The number of hydrogen-bond acceptors (Lipinski definition) is 3. The molecule has 2 saturated heterocycles. The zero-order valence-corrected chi connectivity index (χ0v) is 12.2. The quantitative estimate of drug-likeness (QED) is 0.776. The second-order valence-corrected chi connectivity index (χ2v) is 6.10. The molecule has 4 nitrogen and oxygen atoms in total. The maximum absolute atomic E-state index is 12.8. The molecule has 0 aliphatic carbocycles. The molecule has 1 aromatic carbocycles. The second kappa shape index (κ2) is 5.54. The van der Waals surface area contributed by atoms with Gasteiger partial charge in [-0.2, -0.15) is 0 Å². The molecule has 2 atom stereocenters. The summed E-state index contributed by atoms with van der Waals surface area (Å²) in [6, 6.07) is 8.02. The van der Waals surface area contributed by atoms with Crippen LogP contribution in [0.5, 0.6) is 0 Å². The minimum absolute atomic E-state index is 0.140.